The molecule has 19 heavy (non-hydrogen) atoms. The molecule has 2 atom stereocenters. The summed E-state index contributed by atoms with van der Waals surface area (Å²) in [6, 6.07) is 10.6. The van der Waals surface area contributed by atoms with E-state index in [1.54, 1.807) is 6.20 Å². The van der Waals surface area contributed by atoms with Crippen LogP contribution in [0.5, 0.6) is 0 Å². The molecule has 1 aromatic carbocycles. The van der Waals surface area contributed by atoms with Crippen LogP contribution in [0.4, 0.5) is 0 Å². The van der Waals surface area contributed by atoms with Crippen LogP contribution in [0.1, 0.15) is 37.7 Å². The monoisotopic (exact) mass is 255 g/mol. The first-order valence-corrected chi connectivity index (χ1v) is 7.12. The van der Waals surface area contributed by atoms with Crippen LogP contribution in [-0.4, -0.2) is 17.4 Å². The van der Waals surface area contributed by atoms with E-state index in [1.807, 2.05) is 4.90 Å². The Morgan fingerprint density at radius 1 is 1.42 bits per heavy atom. The summed E-state index contributed by atoms with van der Waals surface area (Å²) >= 11 is 0. The molecule has 0 aromatic heterocycles. The molecule has 0 spiro atoms. The number of nitrogens with zero attached hydrogens (tertiary/aromatic N) is 1. The Bertz CT molecular complexity index is 491. The van der Waals surface area contributed by atoms with Gasteiger partial charge in [0.05, 0.1) is 0 Å². The molecule has 2 nitrogen and oxygen atoms in total. The molecular weight excluding hydrogens is 234 g/mol. The molecule has 100 valence electrons. The zero-order chi connectivity index (χ0) is 13.5. The normalized spacial score (nSPS) is 28.8. The average molecular weight is 255 g/mol. The lowest BCUT2D eigenvalue weighted by Crippen LogP contribution is -2.32. The number of carbonyl (C=O) groups is 1. The van der Waals surface area contributed by atoms with Crippen molar-refractivity contribution in [3.8, 4) is 0 Å². The molecule has 2 fully saturated rings. The van der Waals surface area contributed by atoms with E-state index < -0.39 is 0 Å². The summed E-state index contributed by atoms with van der Waals surface area (Å²) < 4.78 is 0. The van der Waals surface area contributed by atoms with E-state index >= 15 is 0 Å². The molecule has 0 saturated heterocycles. The molecule has 2 aliphatic carbocycles. The first kappa shape index (κ1) is 12.5. The largest absolute Gasteiger partial charge is 0.319 e. The number of hydrogen-bond donors (Lipinski definition) is 0. The first-order valence-electron chi connectivity index (χ1n) is 7.12. The first-order chi connectivity index (χ1) is 9.14. The second-order valence-corrected chi connectivity index (χ2v) is 6.24. The van der Waals surface area contributed by atoms with Gasteiger partial charge in [0.25, 0.3) is 0 Å². The molecule has 0 N–H and O–H groups in total. The Hall–Kier alpha value is -1.57. The second kappa shape index (κ2) is 4.52. The average Bonchev–Trinajstić information content (AvgIpc) is 3.32. The molecule has 1 aromatic rings. The molecule has 2 saturated carbocycles. The fourth-order valence-corrected chi connectivity index (χ4v) is 2.97. The number of carbonyl (C=O) groups excluding carboxylic acids is 1. The van der Waals surface area contributed by atoms with Crippen molar-refractivity contribution in [1.82, 2.24) is 4.90 Å². The van der Waals surface area contributed by atoms with Gasteiger partial charge in [-0.2, -0.15) is 0 Å². The van der Waals surface area contributed by atoms with Crippen molar-refractivity contribution >= 4 is 5.91 Å². The molecule has 2 aliphatic rings. The van der Waals surface area contributed by atoms with E-state index in [9.17, 15) is 4.79 Å². The van der Waals surface area contributed by atoms with Gasteiger partial charge in [-0.1, -0.05) is 43.8 Å². The van der Waals surface area contributed by atoms with Crippen molar-refractivity contribution in [2.45, 2.75) is 32.1 Å². The minimum Gasteiger partial charge on any atom is -0.319 e. The van der Waals surface area contributed by atoms with Crippen LogP contribution in [0.15, 0.2) is 43.1 Å². The minimum absolute atomic E-state index is 0.222. The smallest absolute Gasteiger partial charge is 0.229 e. The van der Waals surface area contributed by atoms with Crippen LogP contribution in [0.25, 0.3) is 0 Å². The molecule has 3 rings (SSSR count). The summed E-state index contributed by atoms with van der Waals surface area (Å²) in [5.41, 5.74) is 1.62. The Morgan fingerprint density at radius 3 is 2.68 bits per heavy atom. The lowest BCUT2D eigenvalue weighted by molar-refractivity contribution is -0.130. The highest BCUT2D eigenvalue weighted by Crippen LogP contribution is 2.59. The highest BCUT2D eigenvalue weighted by atomic mass is 16.2. The van der Waals surface area contributed by atoms with Crippen molar-refractivity contribution in [1.29, 1.82) is 0 Å². The molecule has 1 amide bonds. The Kier molecular flexibility index (Phi) is 2.96. The number of rotatable bonds is 5. The fourth-order valence-electron chi connectivity index (χ4n) is 2.97. The summed E-state index contributed by atoms with van der Waals surface area (Å²) in [5.74, 6) is 1.13. The van der Waals surface area contributed by atoms with Gasteiger partial charge in [0.15, 0.2) is 0 Å². The van der Waals surface area contributed by atoms with Crippen LogP contribution in [0.2, 0.25) is 0 Å². The summed E-state index contributed by atoms with van der Waals surface area (Å²) in [4.78, 5) is 14.0. The number of amides is 1. The molecule has 0 bridgehead atoms. The van der Waals surface area contributed by atoms with Crippen molar-refractivity contribution in [3.63, 3.8) is 0 Å². The van der Waals surface area contributed by atoms with E-state index in [0.29, 0.717) is 5.92 Å². The molecule has 0 heterocycles. The van der Waals surface area contributed by atoms with Crippen LogP contribution in [-0.2, 0) is 4.79 Å². The van der Waals surface area contributed by atoms with Crippen molar-refractivity contribution in [2.24, 2.45) is 11.3 Å². The van der Waals surface area contributed by atoms with Gasteiger partial charge in [0.1, 0.15) is 0 Å². The maximum absolute atomic E-state index is 12.1. The summed E-state index contributed by atoms with van der Waals surface area (Å²) in [7, 11) is 0. The van der Waals surface area contributed by atoms with Gasteiger partial charge in [0.2, 0.25) is 5.91 Å². The van der Waals surface area contributed by atoms with E-state index in [2.05, 4.69) is 43.8 Å². The van der Waals surface area contributed by atoms with Crippen LogP contribution >= 0.6 is 0 Å². The standard InChI is InChI=1S/C17H21NO/c1-3-18(16(19)14-9-10-14)12-17(2)11-15(17)13-7-5-4-6-8-13/h3-8,14-15H,1,9-12H2,2H3. The quantitative estimate of drug-likeness (QED) is 0.787. The van der Waals surface area contributed by atoms with Gasteiger partial charge in [-0.05, 0) is 42.4 Å². The predicted molar refractivity (Wildman–Crippen MR) is 76.5 cm³/mol. The molecule has 0 aliphatic heterocycles. The maximum Gasteiger partial charge on any atom is 0.229 e. The van der Waals surface area contributed by atoms with E-state index in [4.69, 9.17) is 0 Å². The molecule has 0 radical (unpaired) electrons. The van der Waals surface area contributed by atoms with Crippen molar-refractivity contribution in [3.05, 3.63) is 48.7 Å². The second-order valence-electron chi connectivity index (χ2n) is 6.24. The molecule has 2 unspecified atom stereocenters. The SMILES string of the molecule is C=CN(CC1(C)CC1c1ccccc1)C(=O)C1CC1. The fraction of sp³-hybridized carbons (Fsp3) is 0.471. The number of benzene rings is 1. The Balaban J connectivity index is 1.66. The lowest BCUT2D eigenvalue weighted by atomic mass is 10.0. The zero-order valence-corrected chi connectivity index (χ0v) is 11.5. The zero-order valence-electron chi connectivity index (χ0n) is 11.5. The van der Waals surface area contributed by atoms with Crippen molar-refractivity contribution in [2.75, 3.05) is 6.54 Å². The third-order valence-corrected chi connectivity index (χ3v) is 4.52. The minimum atomic E-state index is 0.222. The molecule has 2 heteroatoms. The van der Waals surface area contributed by atoms with E-state index in [-0.39, 0.29) is 17.2 Å². The van der Waals surface area contributed by atoms with Crippen LogP contribution < -0.4 is 0 Å². The van der Waals surface area contributed by atoms with Gasteiger partial charge in [0, 0.05) is 12.5 Å². The molecular formula is C17H21NO. The van der Waals surface area contributed by atoms with Crippen LogP contribution in [0.3, 0.4) is 0 Å². The van der Waals surface area contributed by atoms with Gasteiger partial charge < -0.3 is 4.90 Å². The van der Waals surface area contributed by atoms with Gasteiger partial charge in [-0.3, -0.25) is 4.79 Å². The highest BCUT2D eigenvalue weighted by Gasteiger charge is 2.52. The van der Waals surface area contributed by atoms with Gasteiger partial charge >= 0.3 is 0 Å². The van der Waals surface area contributed by atoms with E-state index in [0.717, 1.165) is 19.4 Å². The van der Waals surface area contributed by atoms with E-state index in [1.165, 1.54) is 12.0 Å². The Labute approximate surface area is 115 Å². The summed E-state index contributed by atoms with van der Waals surface area (Å²) in [6.07, 6.45) is 5.00. The maximum atomic E-state index is 12.1. The predicted octanol–water partition coefficient (Wildman–Crippen LogP) is 3.56. The van der Waals surface area contributed by atoms with Crippen molar-refractivity contribution < 1.29 is 4.79 Å². The lowest BCUT2D eigenvalue weighted by Gasteiger charge is -2.23. The third kappa shape index (κ3) is 2.44. The number of hydrogen-bond acceptors (Lipinski definition) is 1. The summed E-state index contributed by atoms with van der Waals surface area (Å²) in [5, 5.41) is 0. The highest BCUT2D eigenvalue weighted by molar-refractivity contribution is 5.82. The van der Waals surface area contributed by atoms with Crippen LogP contribution in [0, 0.1) is 11.3 Å². The topological polar surface area (TPSA) is 20.3 Å². The third-order valence-electron chi connectivity index (χ3n) is 4.52. The summed E-state index contributed by atoms with van der Waals surface area (Å²) in [6.45, 7) is 6.90. The van der Waals surface area contributed by atoms with Gasteiger partial charge in [-0.25, -0.2) is 0 Å². The van der Waals surface area contributed by atoms with Gasteiger partial charge in [-0.15, -0.1) is 0 Å². The Morgan fingerprint density at radius 2 is 2.11 bits per heavy atom.